The van der Waals surface area contributed by atoms with Crippen molar-refractivity contribution in [3.63, 3.8) is 0 Å². The van der Waals surface area contributed by atoms with E-state index < -0.39 is 0 Å². The first kappa shape index (κ1) is 21.5. The van der Waals surface area contributed by atoms with E-state index in [2.05, 4.69) is 10.6 Å². The van der Waals surface area contributed by atoms with Crippen molar-refractivity contribution in [2.24, 2.45) is 5.73 Å². The number of ether oxygens (including phenoxy) is 1. The largest absolute Gasteiger partial charge is 0.484 e. The monoisotopic (exact) mass is 377 g/mol. The lowest BCUT2D eigenvalue weighted by Crippen LogP contribution is -2.20. The molecular weight excluding hydrogens is 354 g/mol. The predicted octanol–water partition coefficient (Wildman–Crippen LogP) is 3.19. The highest BCUT2D eigenvalue weighted by atomic mass is 35.5. The molecule has 2 rings (SSSR count). The number of hydrogen-bond acceptors (Lipinski definition) is 4. The zero-order valence-electron chi connectivity index (χ0n) is 14.6. The van der Waals surface area contributed by atoms with Gasteiger partial charge in [-0.1, -0.05) is 24.3 Å². The summed E-state index contributed by atoms with van der Waals surface area (Å²) in [6.45, 7) is 1.75. The Labute approximate surface area is 159 Å². The summed E-state index contributed by atoms with van der Waals surface area (Å²) in [5, 5.41) is 5.53. The molecule has 7 heteroatoms. The van der Waals surface area contributed by atoms with Gasteiger partial charge in [-0.3, -0.25) is 9.59 Å². The Morgan fingerprint density at radius 2 is 1.65 bits per heavy atom. The molecule has 0 aliphatic carbocycles. The van der Waals surface area contributed by atoms with Crippen molar-refractivity contribution in [1.82, 2.24) is 0 Å². The summed E-state index contributed by atoms with van der Waals surface area (Å²) in [6.07, 6.45) is 0.990. The molecule has 0 heterocycles. The van der Waals surface area contributed by atoms with Gasteiger partial charge in [-0.15, -0.1) is 12.4 Å². The molecule has 2 amide bonds. The fourth-order valence-corrected chi connectivity index (χ4v) is 2.11. The van der Waals surface area contributed by atoms with Crippen molar-refractivity contribution in [3.8, 4) is 5.75 Å². The highest BCUT2D eigenvalue weighted by Crippen LogP contribution is 2.18. The molecular formula is C19H24ClN3O3. The van der Waals surface area contributed by atoms with Gasteiger partial charge in [0.15, 0.2) is 6.61 Å². The maximum Gasteiger partial charge on any atom is 0.262 e. The lowest BCUT2D eigenvalue weighted by atomic mass is 10.2. The van der Waals surface area contributed by atoms with E-state index in [1.54, 1.807) is 36.4 Å². The van der Waals surface area contributed by atoms with Crippen molar-refractivity contribution in [2.75, 3.05) is 17.2 Å². The van der Waals surface area contributed by atoms with Crippen LogP contribution in [0.2, 0.25) is 0 Å². The predicted molar refractivity (Wildman–Crippen MR) is 106 cm³/mol. The lowest BCUT2D eigenvalue weighted by Gasteiger charge is -2.10. The molecule has 0 aliphatic rings. The van der Waals surface area contributed by atoms with Gasteiger partial charge >= 0.3 is 0 Å². The Kier molecular flexibility index (Phi) is 9.19. The average Bonchev–Trinajstić information content (AvgIpc) is 2.59. The molecule has 0 saturated carbocycles. The van der Waals surface area contributed by atoms with Gasteiger partial charge in [-0.05, 0) is 37.6 Å². The second-order valence-corrected chi connectivity index (χ2v) is 5.79. The molecule has 0 aromatic heterocycles. The average molecular weight is 378 g/mol. The molecule has 26 heavy (non-hydrogen) atoms. The minimum atomic E-state index is -0.252. The summed E-state index contributed by atoms with van der Waals surface area (Å²) < 4.78 is 5.48. The molecule has 2 aromatic carbocycles. The van der Waals surface area contributed by atoms with Crippen LogP contribution in [-0.4, -0.2) is 24.5 Å². The first-order valence-electron chi connectivity index (χ1n) is 8.16. The van der Waals surface area contributed by atoms with Gasteiger partial charge in [0.1, 0.15) is 5.75 Å². The number of amides is 2. The van der Waals surface area contributed by atoms with E-state index in [-0.39, 0.29) is 36.9 Å². The third kappa shape index (κ3) is 8.00. The van der Waals surface area contributed by atoms with E-state index in [1.807, 2.05) is 25.1 Å². The van der Waals surface area contributed by atoms with Crippen LogP contribution in [0.15, 0.2) is 54.6 Å². The first-order chi connectivity index (χ1) is 12.0. The third-order valence-electron chi connectivity index (χ3n) is 3.37. The smallest absolute Gasteiger partial charge is 0.262 e. The van der Waals surface area contributed by atoms with E-state index in [0.717, 1.165) is 0 Å². The summed E-state index contributed by atoms with van der Waals surface area (Å²) >= 11 is 0. The topological polar surface area (TPSA) is 93.5 Å². The number of carbonyl (C=O) groups excluding carboxylic acids is 2. The minimum absolute atomic E-state index is 0. The van der Waals surface area contributed by atoms with Crippen molar-refractivity contribution < 1.29 is 14.3 Å². The van der Waals surface area contributed by atoms with Crippen LogP contribution in [-0.2, 0) is 9.59 Å². The standard InChI is InChI=1S/C19H23N3O3.ClH/c1-14(20)10-11-18(23)22-16-8-5-9-17(12-16)25-13-19(24)21-15-6-3-2-4-7-15;/h2-9,12,14H,10-11,13,20H2,1H3,(H,21,24)(H,22,23);1H. The number of halogens is 1. The van der Waals surface area contributed by atoms with Crippen LogP contribution < -0.4 is 21.1 Å². The molecule has 2 aromatic rings. The number of carbonyl (C=O) groups is 2. The number of rotatable bonds is 8. The van der Waals surface area contributed by atoms with Crippen LogP contribution in [0.3, 0.4) is 0 Å². The van der Waals surface area contributed by atoms with Gasteiger partial charge in [0, 0.05) is 29.9 Å². The minimum Gasteiger partial charge on any atom is -0.484 e. The molecule has 4 N–H and O–H groups in total. The lowest BCUT2D eigenvalue weighted by molar-refractivity contribution is -0.118. The second kappa shape index (κ2) is 11.1. The molecule has 0 spiro atoms. The van der Waals surface area contributed by atoms with E-state index in [9.17, 15) is 9.59 Å². The van der Waals surface area contributed by atoms with Gasteiger partial charge < -0.3 is 21.1 Å². The first-order valence-corrected chi connectivity index (χ1v) is 8.16. The van der Waals surface area contributed by atoms with Crippen molar-refractivity contribution in [3.05, 3.63) is 54.6 Å². The highest BCUT2D eigenvalue weighted by Gasteiger charge is 2.07. The number of nitrogens with one attached hydrogen (secondary N) is 2. The molecule has 0 aliphatic heterocycles. The van der Waals surface area contributed by atoms with E-state index in [4.69, 9.17) is 10.5 Å². The third-order valence-corrected chi connectivity index (χ3v) is 3.37. The van der Waals surface area contributed by atoms with E-state index in [0.29, 0.717) is 30.0 Å². The fourth-order valence-electron chi connectivity index (χ4n) is 2.11. The number of hydrogen-bond donors (Lipinski definition) is 3. The molecule has 140 valence electrons. The van der Waals surface area contributed by atoms with Crippen LogP contribution in [0.1, 0.15) is 19.8 Å². The van der Waals surface area contributed by atoms with E-state index in [1.165, 1.54) is 0 Å². The van der Waals surface area contributed by atoms with Crippen LogP contribution in [0, 0.1) is 0 Å². The second-order valence-electron chi connectivity index (χ2n) is 5.79. The number of benzene rings is 2. The SMILES string of the molecule is CC(N)CCC(=O)Nc1cccc(OCC(=O)Nc2ccccc2)c1.Cl. The quantitative estimate of drug-likeness (QED) is 0.658. The summed E-state index contributed by atoms with van der Waals surface area (Å²) in [4.78, 5) is 23.7. The molecule has 1 unspecified atom stereocenters. The van der Waals surface area contributed by atoms with Gasteiger partial charge in [0.2, 0.25) is 5.91 Å². The van der Waals surface area contributed by atoms with Crippen molar-refractivity contribution in [2.45, 2.75) is 25.8 Å². The normalized spacial score (nSPS) is 11.0. The van der Waals surface area contributed by atoms with Gasteiger partial charge in [-0.2, -0.15) is 0 Å². The van der Waals surface area contributed by atoms with Gasteiger partial charge in [-0.25, -0.2) is 0 Å². The maximum atomic E-state index is 11.9. The van der Waals surface area contributed by atoms with Crippen LogP contribution in [0.25, 0.3) is 0 Å². The Hall–Kier alpha value is -2.57. The molecule has 6 nitrogen and oxygen atoms in total. The molecule has 0 bridgehead atoms. The van der Waals surface area contributed by atoms with Gasteiger partial charge in [0.05, 0.1) is 0 Å². The Balaban J connectivity index is 0.00000338. The zero-order valence-corrected chi connectivity index (χ0v) is 15.4. The number of para-hydroxylation sites is 1. The van der Waals surface area contributed by atoms with Crippen LogP contribution in [0.5, 0.6) is 5.75 Å². The molecule has 0 saturated heterocycles. The van der Waals surface area contributed by atoms with Crippen LogP contribution >= 0.6 is 12.4 Å². The van der Waals surface area contributed by atoms with E-state index >= 15 is 0 Å². The summed E-state index contributed by atoms with van der Waals surface area (Å²) in [5.74, 6) is 0.155. The Bertz CT molecular complexity index is 708. The summed E-state index contributed by atoms with van der Waals surface area (Å²) in [5.41, 5.74) is 6.98. The van der Waals surface area contributed by atoms with Crippen LogP contribution in [0.4, 0.5) is 11.4 Å². The Morgan fingerprint density at radius 3 is 2.35 bits per heavy atom. The van der Waals surface area contributed by atoms with Crippen molar-refractivity contribution >= 4 is 35.6 Å². The number of anilines is 2. The molecule has 0 fully saturated rings. The summed E-state index contributed by atoms with van der Waals surface area (Å²) in [6, 6.07) is 16.1. The maximum absolute atomic E-state index is 11.9. The highest BCUT2D eigenvalue weighted by molar-refractivity contribution is 5.92. The molecule has 0 radical (unpaired) electrons. The zero-order chi connectivity index (χ0) is 18.1. The van der Waals surface area contributed by atoms with Gasteiger partial charge in [0.25, 0.3) is 5.91 Å². The fraction of sp³-hybridized carbons (Fsp3) is 0.263. The molecule has 1 atom stereocenters. The van der Waals surface area contributed by atoms with Crippen molar-refractivity contribution in [1.29, 1.82) is 0 Å². The summed E-state index contributed by atoms with van der Waals surface area (Å²) in [7, 11) is 0. The Morgan fingerprint density at radius 1 is 1.00 bits per heavy atom. The number of nitrogens with two attached hydrogens (primary N) is 1.